The highest BCUT2D eigenvalue weighted by molar-refractivity contribution is 7.89. The van der Waals surface area contributed by atoms with Crippen LogP contribution in [-0.4, -0.2) is 14.8 Å². The maximum atomic E-state index is 12.7. The zero-order valence-corrected chi connectivity index (χ0v) is 15.2. The molecule has 0 spiro atoms. The highest BCUT2D eigenvalue weighted by Crippen LogP contribution is 2.30. The Hall–Kier alpha value is -2.29. The van der Waals surface area contributed by atoms with Gasteiger partial charge in [0, 0.05) is 17.0 Å². The van der Waals surface area contributed by atoms with Crippen LogP contribution in [-0.2, 0) is 16.6 Å². The lowest BCUT2D eigenvalue weighted by Crippen LogP contribution is -2.23. The molecule has 3 rings (SSSR count). The Morgan fingerprint density at radius 1 is 1.00 bits per heavy atom. The summed E-state index contributed by atoms with van der Waals surface area (Å²) in [6.07, 6.45) is -4.82. The molecule has 0 aromatic heterocycles. The van der Waals surface area contributed by atoms with Gasteiger partial charge in [0.15, 0.2) is 0 Å². The van der Waals surface area contributed by atoms with E-state index < -0.39 is 22.1 Å². The molecule has 0 atom stereocenters. The number of hydrogen-bond acceptors (Lipinski definition) is 3. The molecule has 4 nitrogen and oxygen atoms in total. The number of benzene rings is 3. The average Bonchev–Trinajstić information content (AvgIpc) is 2.59. The molecule has 3 aromatic carbocycles. The normalized spacial score (nSPS) is 12.3. The predicted molar refractivity (Wildman–Crippen MR) is 96.1 cm³/mol. The molecule has 0 aliphatic heterocycles. The predicted octanol–water partition coefficient (Wildman–Crippen LogP) is 4.87. The van der Waals surface area contributed by atoms with Crippen LogP contribution in [0.2, 0.25) is 5.02 Å². The number of fused-ring (bicyclic) bond motifs is 1. The van der Waals surface area contributed by atoms with Crippen molar-refractivity contribution >= 4 is 32.4 Å². The van der Waals surface area contributed by atoms with Gasteiger partial charge in [-0.3, -0.25) is 0 Å². The van der Waals surface area contributed by atoms with Gasteiger partial charge in [0.25, 0.3) is 0 Å². The van der Waals surface area contributed by atoms with Crippen LogP contribution in [0.5, 0.6) is 5.75 Å². The van der Waals surface area contributed by atoms with Crippen molar-refractivity contribution in [3.05, 3.63) is 71.2 Å². The Morgan fingerprint density at radius 3 is 2.37 bits per heavy atom. The highest BCUT2D eigenvalue weighted by Gasteiger charge is 2.31. The molecule has 0 saturated heterocycles. The molecular formula is C18H13ClF3NO3S. The van der Waals surface area contributed by atoms with Crippen molar-refractivity contribution in [3.8, 4) is 5.75 Å². The van der Waals surface area contributed by atoms with Crippen LogP contribution in [0.15, 0.2) is 65.6 Å². The number of nitrogens with one attached hydrogen (secondary N) is 1. The van der Waals surface area contributed by atoms with Crippen molar-refractivity contribution in [2.24, 2.45) is 0 Å². The van der Waals surface area contributed by atoms with E-state index in [0.717, 1.165) is 12.1 Å². The van der Waals surface area contributed by atoms with Crippen LogP contribution in [0.25, 0.3) is 10.8 Å². The van der Waals surface area contributed by atoms with E-state index in [9.17, 15) is 21.6 Å². The summed E-state index contributed by atoms with van der Waals surface area (Å²) in [5.74, 6) is -0.424. The van der Waals surface area contributed by atoms with Gasteiger partial charge in [-0.2, -0.15) is 0 Å². The highest BCUT2D eigenvalue weighted by atomic mass is 35.5. The van der Waals surface area contributed by atoms with E-state index in [-0.39, 0.29) is 16.5 Å². The average molecular weight is 416 g/mol. The van der Waals surface area contributed by atoms with Gasteiger partial charge in [0.05, 0.1) is 4.90 Å². The largest absolute Gasteiger partial charge is 0.573 e. The van der Waals surface area contributed by atoms with E-state index in [1.54, 1.807) is 30.3 Å². The summed E-state index contributed by atoms with van der Waals surface area (Å²) in [6.45, 7) is -0.210. The van der Waals surface area contributed by atoms with Crippen LogP contribution in [0.4, 0.5) is 13.2 Å². The summed E-state index contributed by atoms with van der Waals surface area (Å²) in [5, 5.41) is 1.32. The van der Waals surface area contributed by atoms with Crippen molar-refractivity contribution in [3.63, 3.8) is 0 Å². The smallest absolute Gasteiger partial charge is 0.406 e. The summed E-state index contributed by atoms with van der Waals surface area (Å²) in [4.78, 5) is -0.00621. The van der Waals surface area contributed by atoms with E-state index in [1.165, 1.54) is 18.2 Å². The SMILES string of the molecule is O=S(=O)(NCc1cccc(OC(F)(F)F)c1)c1cccc2cccc(Cl)c12. The van der Waals surface area contributed by atoms with Gasteiger partial charge < -0.3 is 4.74 Å². The zero-order chi connectivity index (χ0) is 19.7. The molecule has 0 saturated carbocycles. The number of rotatable bonds is 5. The van der Waals surface area contributed by atoms with Crippen LogP contribution in [0.1, 0.15) is 5.56 Å². The Labute approximate surface area is 158 Å². The topological polar surface area (TPSA) is 55.4 Å². The van der Waals surface area contributed by atoms with Crippen molar-refractivity contribution in [1.29, 1.82) is 0 Å². The number of hydrogen-bond donors (Lipinski definition) is 1. The molecule has 0 radical (unpaired) electrons. The first-order valence-electron chi connectivity index (χ1n) is 7.67. The second-order valence-electron chi connectivity index (χ2n) is 5.61. The van der Waals surface area contributed by atoms with Gasteiger partial charge in [-0.1, -0.05) is 48.0 Å². The minimum Gasteiger partial charge on any atom is -0.406 e. The summed E-state index contributed by atoms with van der Waals surface area (Å²) in [7, 11) is -3.95. The third-order valence-electron chi connectivity index (χ3n) is 3.70. The molecule has 1 N–H and O–H groups in total. The Bertz CT molecular complexity index is 1080. The Balaban J connectivity index is 1.86. The fourth-order valence-electron chi connectivity index (χ4n) is 2.59. The molecular weight excluding hydrogens is 403 g/mol. The molecule has 0 aliphatic carbocycles. The standard InChI is InChI=1S/C18H13ClF3NO3S/c19-15-8-2-5-13-6-3-9-16(17(13)15)27(24,25)23-11-12-4-1-7-14(10-12)26-18(20,21)22/h1-10,23H,11H2. The first-order chi connectivity index (χ1) is 12.7. The molecule has 142 valence electrons. The van der Waals surface area contributed by atoms with E-state index in [4.69, 9.17) is 11.6 Å². The quantitative estimate of drug-likeness (QED) is 0.646. The number of alkyl halides is 3. The van der Waals surface area contributed by atoms with Gasteiger partial charge in [-0.25, -0.2) is 13.1 Å². The van der Waals surface area contributed by atoms with Gasteiger partial charge in [0.2, 0.25) is 10.0 Å². The second-order valence-corrected chi connectivity index (χ2v) is 7.76. The third-order valence-corrected chi connectivity index (χ3v) is 5.46. The summed E-state index contributed by atoms with van der Waals surface area (Å²) >= 11 is 6.15. The summed E-state index contributed by atoms with van der Waals surface area (Å²) < 4.78 is 68.6. The van der Waals surface area contributed by atoms with Crippen LogP contribution < -0.4 is 9.46 Å². The lowest BCUT2D eigenvalue weighted by Gasteiger charge is -2.12. The second kappa shape index (κ2) is 7.38. The van der Waals surface area contributed by atoms with Crippen molar-refractivity contribution in [2.75, 3.05) is 0 Å². The molecule has 0 bridgehead atoms. The van der Waals surface area contributed by atoms with E-state index in [2.05, 4.69) is 9.46 Å². The molecule has 0 unspecified atom stereocenters. The molecule has 0 fully saturated rings. The molecule has 0 amide bonds. The van der Waals surface area contributed by atoms with Crippen molar-refractivity contribution < 1.29 is 26.3 Å². The number of sulfonamides is 1. The minimum absolute atomic E-state index is 0.00621. The molecule has 0 aliphatic rings. The lowest BCUT2D eigenvalue weighted by atomic mass is 10.1. The maximum Gasteiger partial charge on any atom is 0.573 e. The molecule has 0 heterocycles. The Kier molecular flexibility index (Phi) is 5.32. The first-order valence-corrected chi connectivity index (χ1v) is 9.53. The lowest BCUT2D eigenvalue weighted by molar-refractivity contribution is -0.274. The fraction of sp³-hybridized carbons (Fsp3) is 0.111. The zero-order valence-electron chi connectivity index (χ0n) is 13.6. The monoisotopic (exact) mass is 415 g/mol. The van der Waals surface area contributed by atoms with Gasteiger partial charge in [-0.05, 0) is 35.2 Å². The van der Waals surface area contributed by atoms with Crippen molar-refractivity contribution in [1.82, 2.24) is 4.72 Å². The number of ether oxygens (including phenoxy) is 1. The van der Waals surface area contributed by atoms with Crippen LogP contribution in [0.3, 0.4) is 0 Å². The molecule has 27 heavy (non-hydrogen) atoms. The van der Waals surface area contributed by atoms with Crippen LogP contribution >= 0.6 is 11.6 Å². The maximum absolute atomic E-state index is 12.7. The Morgan fingerprint density at radius 2 is 1.67 bits per heavy atom. The first kappa shape index (κ1) is 19.5. The molecule has 9 heteroatoms. The van der Waals surface area contributed by atoms with Gasteiger partial charge in [0.1, 0.15) is 5.75 Å². The molecule has 3 aromatic rings. The fourth-order valence-corrected chi connectivity index (χ4v) is 4.20. The van der Waals surface area contributed by atoms with Crippen LogP contribution in [0, 0.1) is 0 Å². The van der Waals surface area contributed by atoms with E-state index >= 15 is 0 Å². The van der Waals surface area contributed by atoms with E-state index in [1.807, 2.05) is 0 Å². The minimum atomic E-state index is -4.82. The van der Waals surface area contributed by atoms with Gasteiger partial charge >= 0.3 is 6.36 Å². The third kappa shape index (κ3) is 4.71. The van der Waals surface area contributed by atoms with Gasteiger partial charge in [-0.15, -0.1) is 13.2 Å². The van der Waals surface area contributed by atoms with E-state index in [0.29, 0.717) is 16.3 Å². The summed E-state index contributed by atoms with van der Waals surface area (Å²) in [6, 6.07) is 14.9. The van der Waals surface area contributed by atoms with Crippen molar-refractivity contribution in [2.45, 2.75) is 17.8 Å². The summed E-state index contributed by atoms with van der Waals surface area (Å²) in [5.41, 5.74) is 0.312. The number of halogens is 4.